The first-order valence-electron chi connectivity index (χ1n) is 9.19. The first-order valence-corrected chi connectivity index (χ1v) is 9.19. The van der Waals surface area contributed by atoms with E-state index in [1.54, 1.807) is 12.1 Å². The predicted molar refractivity (Wildman–Crippen MR) is 94.6 cm³/mol. The average molecular weight is 348 g/mol. The number of carbonyl (C=O) groups excluding carboxylic acids is 1. The number of amides is 1. The van der Waals surface area contributed by atoms with Gasteiger partial charge in [0.2, 0.25) is 5.91 Å². The maximum atomic E-state index is 12.7. The van der Waals surface area contributed by atoms with Gasteiger partial charge in [0.25, 0.3) is 0 Å². The molecule has 25 heavy (non-hydrogen) atoms. The Balaban J connectivity index is 1.55. The van der Waals surface area contributed by atoms with Gasteiger partial charge in [-0.15, -0.1) is 0 Å². The van der Waals surface area contributed by atoms with Crippen molar-refractivity contribution in [2.45, 2.75) is 57.2 Å². The number of hydrogen-bond donors (Lipinski definition) is 3. The molecule has 1 aromatic carbocycles. The number of phenolic OH excluding ortho intramolecular Hbond substituents is 2. The first-order chi connectivity index (χ1) is 12.0. The number of likely N-dealkylation sites (tertiary alicyclic amines) is 1. The second-order valence-electron chi connectivity index (χ2n) is 7.18. The topological polar surface area (TPSA) is 82.0 Å². The summed E-state index contributed by atoms with van der Waals surface area (Å²) in [6.45, 7) is 4.53. The van der Waals surface area contributed by atoms with E-state index < -0.39 is 0 Å². The lowest BCUT2D eigenvalue weighted by atomic mass is 10.0. The largest absolute Gasteiger partial charge is 0.504 e. The third-order valence-corrected chi connectivity index (χ3v) is 5.23. The molecule has 3 rings (SSSR count). The molecular formula is C19H28N2O4. The van der Waals surface area contributed by atoms with Gasteiger partial charge in [-0.05, 0) is 63.3 Å². The van der Waals surface area contributed by atoms with Crippen LogP contribution in [0.15, 0.2) is 18.2 Å². The number of benzene rings is 1. The molecule has 138 valence electrons. The summed E-state index contributed by atoms with van der Waals surface area (Å²) < 4.78 is 5.44. The van der Waals surface area contributed by atoms with E-state index in [-0.39, 0.29) is 29.5 Å². The van der Waals surface area contributed by atoms with Gasteiger partial charge in [-0.1, -0.05) is 6.07 Å². The minimum absolute atomic E-state index is 0.0337. The Morgan fingerprint density at radius 1 is 1.28 bits per heavy atom. The van der Waals surface area contributed by atoms with Crippen LogP contribution in [0, 0.1) is 0 Å². The summed E-state index contributed by atoms with van der Waals surface area (Å²) in [4.78, 5) is 15.1. The van der Waals surface area contributed by atoms with E-state index >= 15 is 0 Å². The number of ether oxygens (including phenoxy) is 1. The molecule has 2 aliphatic heterocycles. The summed E-state index contributed by atoms with van der Waals surface area (Å²) in [6, 6.07) is 5.16. The van der Waals surface area contributed by atoms with Crippen molar-refractivity contribution < 1.29 is 19.7 Å². The molecule has 0 spiro atoms. The molecule has 2 heterocycles. The molecular weight excluding hydrogens is 320 g/mol. The highest BCUT2D eigenvalue weighted by Gasteiger charge is 2.36. The Kier molecular flexibility index (Phi) is 5.81. The maximum Gasteiger partial charge on any atom is 0.237 e. The van der Waals surface area contributed by atoms with Crippen molar-refractivity contribution in [1.82, 2.24) is 10.2 Å². The van der Waals surface area contributed by atoms with Crippen molar-refractivity contribution in [3.8, 4) is 11.5 Å². The number of carbonyl (C=O) groups is 1. The molecule has 0 saturated carbocycles. The second-order valence-corrected chi connectivity index (χ2v) is 7.18. The lowest BCUT2D eigenvalue weighted by Crippen LogP contribution is -2.51. The van der Waals surface area contributed by atoms with Crippen LogP contribution in [0.2, 0.25) is 0 Å². The quantitative estimate of drug-likeness (QED) is 0.707. The third kappa shape index (κ3) is 4.44. The van der Waals surface area contributed by atoms with E-state index in [9.17, 15) is 15.0 Å². The van der Waals surface area contributed by atoms with Crippen molar-refractivity contribution in [1.29, 1.82) is 0 Å². The van der Waals surface area contributed by atoms with Crippen molar-refractivity contribution in [2.24, 2.45) is 0 Å². The lowest BCUT2D eigenvalue weighted by molar-refractivity contribution is -0.127. The molecule has 2 aliphatic rings. The van der Waals surface area contributed by atoms with Gasteiger partial charge in [0.15, 0.2) is 11.5 Å². The monoisotopic (exact) mass is 348 g/mol. The predicted octanol–water partition coefficient (Wildman–Crippen LogP) is 1.79. The van der Waals surface area contributed by atoms with E-state index in [1.807, 2.05) is 6.92 Å². The van der Waals surface area contributed by atoms with Crippen molar-refractivity contribution in [2.75, 3.05) is 19.8 Å². The van der Waals surface area contributed by atoms with Crippen LogP contribution in [0.1, 0.15) is 38.2 Å². The number of phenols is 2. The van der Waals surface area contributed by atoms with E-state index in [4.69, 9.17) is 4.74 Å². The van der Waals surface area contributed by atoms with Crippen molar-refractivity contribution in [3.63, 3.8) is 0 Å². The molecule has 2 atom stereocenters. The Hall–Kier alpha value is -1.79. The fraction of sp³-hybridized carbons (Fsp3) is 0.632. The molecule has 6 nitrogen and oxygen atoms in total. The first kappa shape index (κ1) is 18.0. The van der Waals surface area contributed by atoms with Crippen LogP contribution < -0.4 is 5.32 Å². The van der Waals surface area contributed by atoms with Gasteiger partial charge >= 0.3 is 0 Å². The molecule has 0 bridgehead atoms. The van der Waals surface area contributed by atoms with Gasteiger partial charge < -0.3 is 20.3 Å². The second kappa shape index (κ2) is 8.06. The van der Waals surface area contributed by atoms with Gasteiger partial charge in [-0.2, -0.15) is 0 Å². The highest BCUT2D eigenvalue weighted by Crippen LogP contribution is 2.27. The van der Waals surface area contributed by atoms with Crippen LogP contribution in [-0.4, -0.2) is 58.9 Å². The van der Waals surface area contributed by atoms with Crippen LogP contribution in [0.5, 0.6) is 11.5 Å². The zero-order chi connectivity index (χ0) is 17.8. The van der Waals surface area contributed by atoms with Crippen LogP contribution in [-0.2, 0) is 16.0 Å². The van der Waals surface area contributed by atoms with E-state index in [2.05, 4.69) is 10.2 Å². The van der Waals surface area contributed by atoms with E-state index in [1.165, 1.54) is 6.07 Å². The molecule has 2 fully saturated rings. The molecule has 0 radical (unpaired) electrons. The molecule has 6 heteroatoms. The van der Waals surface area contributed by atoms with Gasteiger partial charge in [0.05, 0.1) is 6.04 Å². The van der Waals surface area contributed by atoms with Gasteiger partial charge in [-0.3, -0.25) is 9.69 Å². The van der Waals surface area contributed by atoms with Crippen LogP contribution >= 0.6 is 0 Å². The number of hydrogen-bond acceptors (Lipinski definition) is 5. The zero-order valence-corrected chi connectivity index (χ0v) is 14.8. The molecule has 1 amide bonds. The normalized spacial score (nSPS) is 23.5. The van der Waals surface area contributed by atoms with Crippen LogP contribution in [0.25, 0.3) is 0 Å². The highest BCUT2D eigenvalue weighted by atomic mass is 16.5. The third-order valence-electron chi connectivity index (χ3n) is 5.23. The van der Waals surface area contributed by atoms with Gasteiger partial charge in [0, 0.05) is 25.3 Å². The fourth-order valence-electron chi connectivity index (χ4n) is 3.96. The van der Waals surface area contributed by atoms with Crippen molar-refractivity contribution >= 4 is 5.91 Å². The average Bonchev–Trinajstić information content (AvgIpc) is 3.09. The van der Waals surface area contributed by atoms with Crippen molar-refractivity contribution in [3.05, 3.63) is 23.8 Å². The minimum atomic E-state index is -0.127. The van der Waals surface area contributed by atoms with E-state index in [0.29, 0.717) is 12.5 Å². The van der Waals surface area contributed by atoms with Crippen LogP contribution in [0.4, 0.5) is 0 Å². The number of nitrogens with zero attached hydrogens (tertiary/aromatic N) is 1. The molecule has 3 N–H and O–H groups in total. The van der Waals surface area contributed by atoms with Gasteiger partial charge in [-0.25, -0.2) is 0 Å². The minimum Gasteiger partial charge on any atom is -0.504 e. The SMILES string of the molecule is C[C@@H](Cc1ccc(O)c(O)c1)NC(=O)[C@@H]1CCCN1C1CCOCC1. The summed E-state index contributed by atoms with van der Waals surface area (Å²) in [5.74, 6) is -0.157. The van der Waals surface area contributed by atoms with Crippen LogP contribution in [0.3, 0.4) is 0 Å². The molecule has 0 unspecified atom stereocenters. The van der Waals surface area contributed by atoms with E-state index in [0.717, 1.165) is 51.0 Å². The summed E-state index contributed by atoms with van der Waals surface area (Å²) >= 11 is 0. The summed E-state index contributed by atoms with van der Waals surface area (Å²) in [5.41, 5.74) is 0.885. The molecule has 1 aromatic rings. The summed E-state index contributed by atoms with van der Waals surface area (Å²) in [6.07, 6.45) is 4.60. The molecule has 0 aromatic heterocycles. The summed E-state index contributed by atoms with van der Waals surface area (Å²) in [7, 11) is 0. The molecule has 0 aliphatic carbocycles. The number of nitrogens with one attached hydrogen (secondary N) is 1. The molecule has 2 saturated heterocycles. The Morgan fingerprint density at radius 2 is 2.04 bits per heavy atom. The number of aromatic hydroxyl groups is 2. The van der Waals surface area contributed by atoms with Gasteiger partial charge in [0.1, 0.15) is 0 Å². The number of rotatable bonds is 5. The Bertz CT molecular complexity index is 601. The Labute approximate surface area is 148 Å². The summed E-state index contributed by atoms with van der Waals surface area (Å²) in [5, 5.41) is 22.1. The maximum absolute atomic E-state index is 12.7. The smallest absolute Gasteiger partial charge is 0.237 e. The standard InChI is InChI=1S/C19H28N2O4/c1-13(11-14-4-5-17(22)18(23)12-14)20-19(24)16-3-2-8-21(16)15-6-9-25-10-7-15/h4-5,12-13,15-16,22-23H,2-3,6-11H2,1H3,(H,20,24)/t13-,16-/m0/s1. The lowest BCUT2D eigenvalue weighted by Gasteiger charge is -2.35. The highest BCUT2D eigenvalue weighted by molar-refractivity contribution is 5.82. The zero-order valence-electron chi connectivity index (χ0n) is 14.8. The Morgan fingerprint density at radius 3 is 2.76 bits per heavy atom. The fourth-order valence-corrected chi connectivity index (χ4v) is 3.96.